The van der Waals surface area contributed by atoms with Crippen molar-refractivity contribution in [3.05, 3.63) is 59.7 Å². The number of aromatic nitrogens is 1. The Labute approximate surface area is 188 Å². The minimum atomic E-state index is -2.83. The summed E-state index contributed by atoms with van der Waals surface area (Å²) in [6.45, 7) is 4.18. The van der Waals surface area contributed by atoms with E-state index < -0.39 is 10.6 Å². The Morgan fingerprint density at radius 3 is 2.88 bits per heavy atom. The third-order valence-corrected chi connectivity index (χ3v) is 7.72. The molecule has 5 rings (SSSR count). The van der Waals surface area contributed by atoms with Crippen molar-refractivity contribution in [2.75, 3.05) is 35.7 Å². The molecule has 0 unspecified atom stereocenters. The number of nitrogens with two attached hydrogens (primary N) is 1. The molecule has 0 bridgehead atoms. The summed E-state index contributed by atoms with van der Waals surface area (Å²) < 4.78 is 26.7. The highest BCUT2D eigenvalue weighted by molar-refractivity contribution is 8.24. The number of ether oxygens (including phenoxy) is 1. The lowest BCUT2D eigenvalue weighted by Crippen LogP contribution is -2.26. The zero-order valence-corrected chi connectivity index (χ0v) is 18.7. The van der Waals surface area contributed by atoms with E-state index in [2.05, 4.69) is 28.2 Å². The average molecular weight is 454 g/mol. The molecule has 8 nitrogen and oxygen atoms in total. The summed E-state index contributed by atoms with van der Waals surface area (Å²) in [5, 5.41) is 4.54. The Kier molecular flexibility index (Phi) is 5.32. The summed E-state index contributed by atoms with van der Waals surface area (Å²) in [4.78, 5) is 12.0. The van der Waals surface area contributed by atoms with Crippen molar-refractivity contribution in [3.8, 4) is 0 Å². The summed E-state index contributed by atoms with van der Waals surface area (Å²) in [5.41, 5.74) is 9.55. The van der Waals surface area contributed by atoms with Gasteiger partial charge in [0.1, 0.15) is 18.5 Å². The largest absolute Gasteiger partial charge is 0.463 e. The van der Waals surface area contributed by atoms with Crippen LogP contribution in [0.15, 0.2) is 58.4 Å². The zero-order chi connectivity index (χ0) is 22.3. The zero-order valence-electron chi connectivity index (χ0n) is 17.9. The van der Waals surface area contributed by atoms with Crippen LogP contribution < -0.4 is 16.0 Å². The average Bonchev–Trinajstić information content (AvgIpc) is 3.14. The van der Waals surface area contributed by atoms with Crippen molar-refractivity contribution in [2.24, 2.45) is 10.7 Å². The van der Waals surface area contributed by atoms with Gasteiger partial charge in [0.05, 0.1) is 16.2 Å². The summed E-state index contributed by atoms with van der Waals surface area (Å²) >= 11 is 0. The number of fused-ring (bicyclic) bond motifs is 2. The van der Waals surface area contributed by atoms with Crippen molar-refractivity contribution >= 4 is 39.0 Å². The Morgan fingerprint density at radius 1 is 1.22 bits per heavy atom. The van der Waals surface area contributed by atoms with Gasteiger partial charge in [-0.15, -0.1) is 0 Å². The van der Waals surface area contributed by atoms with E-state index in [-0.39, 0.29) is 17.8 Å². The predicted octanol–water partition coefficient (Wildman–Crippen LogP) is 3.80. The Balaban J connectivity index is 1.51. The van der Waals surface area contributed by atoms with E-state index >= 15 is 0 Å². The summed E-state index contributed by atoms with van der Waals surface area (Å²) in [7, 11) is -2.83. The lowest BCUT2D eigenvalue weighted by atomic mass is 10.1. The summed E-state index contributed by atoms with van der Waals surface area (Å²) in [5.74, 6) is 1.06. The number of anilines is 2. The number of nitrogens with zero attached hydrogens (tertiary/aromatic N) is 3. The second kappa shape index (κ2) is 8.16. The van der Waals surface area contributed by atoms with Crippen molar-refractivity contribution in [1.29, 1.82) is 0 Å². The first-order chi connectivity index (χ1) is 15.4. The molecule has 32 heavy (non-hydrogen) atoms. The number of hydrogen-bond acceptors (Lipinski definition) is 8. The normalized spacial score (nSPS) is 20.8. The quantitative estimate of drug-likeness (QED) is 0.475. The SMILES string of the molecule is Cc1ccc2nc(N3CCS(O)(O)c4ccccc4C3)cc(NC[C@@H]3COC(N)=N3)c2c1. The van der Waals surface area contributed by atoms with Gasteiger partial charge in [-0.1, -0.05) is 29.8 Å². The van der Waals surface area contributed by atoms with E-state index in [4.69, 9.17) is 15.5 Å². The van der Waals surface area contributed by atoms with E-state index in [1.165, 1.54) is 0 Å². The number of amidine groups is 1. The fourth-order valence-electron chi connectivity index (χ4n) is 4.18. The monoisotopic (exact) mass is 453 g/mol. The number of rotatable bonds is 4. The molecule has 2 aromatic carbocycles. The molecular weight excluding hydrogens is 426 g/mol. The van der Waals surface area contributed by atoms with E-state index in [9.17, 15) is 9.11 Å². The predicted molar refractivity (Wildman–Crippen MR) is 130 cm³/mol. The van der Waals surface area contributed by atoms with Gasteiger partial charge in [0.2, 0.25) is 0 Å². The smallest absolute Gasteiger partial charge is 0.282 e. The maximum Gasteiger partial charge on any atom is 0.282 e. The van der Waals surface area contributed by atoms with Crippen LogP contribution in [0.2, 0.25) is 0 Å². The second-order valence-electron chi connectivity index (χ2n) is 8.26. The summed E-state index contributed by atoms with van der Waals surface area (Å²) in [6, 6.07) is 16.0. The summed E-state index contributed by atoms with van der Waals surface area (Å²) in [6.07, 6.45) is 0. The molecule has 1 aromatic heterocycles. The van der Waals surface area contributed by atoms with Crippen LogP contribution in [0.4, 0.5) is 11.5 Å². The number of pyridine rings is 1. The minimum absolute atomic E-state index is 0.0375. The van der Waals surface area contributed by atoms with Crippen molar-refractivity contribution < 1.29 is 13.8 Å². The minimum Gasteiger partial charge on any atom is -0.463 e. The standard InChI is InChI=1S/C23H27N5O3S/c1-15-6-7-19-18(10-15)20(25-12-17-14-31-23(24)26-17)11-22(27-19)28-8-9-32(29,30)21-5-3-2-4-16(21)13-28/h2-7,10-11,17,29-30H,8-9,12-14H2,1H3,(H2,24,26)(H,25,27)/t17-/m1/s1. The Hall–Kier alpha value is -3.01. The number of hydrogen-bond donors (Lipinski definition) is 4. The van der Waals surface area contributed by atoms with Gasteiger partial charge in [-0.2, -0.15) is 10.6 Å². The van der Waals surface area contributed by atoms with Crippen LogP contribution >= 0.6 is 10.6 Å². The second-order valence-corrected chi connectivity index (χ2v) is 10.4. The first-order valence-electron chi connectivity index (χ1n) is 10.6. The van der Waals surface area contributed by atoms with Gasteiger partial charge in [0.15, 0.2) is 0 Å². The van der Waals surface area contributed by atoms with Gasteiger partial charge < -0.3 is 20.7 Å². The highest BCUT2D eigenvalue weighted by atomic mass is 32.3. The molecule has 2 aliphatic rings. The molecule has 9 heteroatoms. The van der Waals surface area contributed by atoms with E-state index in [1.807, 2.05) is 42.5 Å². The maximum absolute atomic E-state index is 10.7. The van der Waals surface area contributed by atoms with Crippen LogP contribution in [0.3, 0.4) is 0 Å². The van der Waals surface area contributed by atoms with Crippen molar-refractivity contribution in [3.63, 3.8) is 0 Å². The van der Waals surface area contributed by atoms with Gasteiger partial charge in [-0.3, -0.25) is 9.11 Å². The van der Waals surface area contributed by atoms with Gasteiger partial charge >= 0.3 is 0 Å². The number of benzene rings is 2. The third-order valence-electron chi connectivity index (χ3n) is 5.87. The number of nitrogens with one attached hydrogen (secondary N) is 1. The topological polar surface area (TPSA) is 116 Å². The van der Waals surface area contributed by atoms with Gasteiger partial charge in [-0.25, -0.2) is 9.98 Å². The van der Waals surface area contributed by atoms with Crippen LogP contribution in [0, 0.1) is 6.92 Å². The first-order valence-corrected chi connectivity index (χ1v) is 12.3. The molecule has 0 radical (unpaired) electrons. The molecule has 0 spiro atoms. The highest BCUT2D eigenvalue weighted by Crippen LogP contribution is 2.51. The highest BCUT2D eigenvalue weighted by Gasteiger charge is 2.27. The first kappa shape index (κ1) is 20.9. The van der Waals surface area contributed by atoms with Crippen molar-refractivity contribution in [2.45, 2.75) is 24.4 Å². The van der Waals surface area contributed by atoms with E-state index in [0.717, 1.165) is 33.5 Å². The molecule has 3 aromatic rings. The fraction of sp³-hybridized carbons (Fsp3) is 0.304. The van der Waals surface area contributed by atoms with Crippen LogP contribution in [0.1, 0.15) is 11.1 Å². The van der Waals surface area contributed by atoms with Gasteiger partial charge in [0, 0.05) is 36.8 Å². The Bertz CT molecular complexity index is 1200. The molecular formula is C23H27N5O3S. The molecule has 5 N–H and O–H groups in total. The van der Waals surface area contributed by atoms with Crippen LogP contribution in [0.5, 0.6) is 0 Å². The maximum atomic E-state index is 10.7. The van der Waals surface area contributed by atoms with Gasteiger partial charge in [-0.05, 0) is 30.7 Å². The molecule has 2 aliphatic heterocycles. The molecule has 0 fully saturated rings. The van der Waals surface area contributed by atoms with Gasteiger partial charge in [0.25, 0.3) is 6.02 Å². The van der Waals surface area contributed by atoms with Crippen LogP contribution in [0.25, 0.3) is 10.9 Å². The molecule has 0 saturated heterocycles. The van der Waals surface area contributed by atoms with Crippen molar-refractivity contribution in [1.82, 2.24) is 4.98 Å². The lowest BCUT2D eigenvalue weighted by Gasteiger charge is -2.32. The molecule has 1 atom stereocenters. The molecule has 0 amide bonds. The van der Waals surface area contributed by atoms with E-state index in [1.54, 1.807) is 0 Å². The molecule has 0 aliphatic carbocycles. The third kappa shape index (κ3) is 4.06. The fourth-order valence-corrected chi connectivity index (χ4v) is 5.73. The van der Waals surface area contributed by atoms with E-state index in [0.29, 0.717) is 31.1 Å². The Morgan fingerprint density at radius 2 is 2.06 bits per heavy atom. The number of aryl methyl sites for hydroxylation is 1. The van der Waals surface area contributed by atoms with Crippen LogP contribution in [-0.2, 0) is 11.3 Å². The lowest BCUT2D eigenvalue weighted by molar-refractivity contribution is 0.316. The number of aliphatic imine (C=N–C) groups is 1. The molecule has 168 valence electrons. The molecule has 0 saturated carbocycles. The molecule has 3 heterocycles. The van der Waals surface area contributed by atoms with Crippen LogP contribution in [-0.4, -0.2) is 51.6 Å².